The molecule has 0 saturated heterocycles. The number of carboxylic acids is 1. The smallest absolute Gasteiger partial charge is 0.337 e. The van der Waals surface area contributed by atoms with E-state index in [9.17, 15) is 9.90 Å². The molecule has 1 aliphatic carbocycles. The molecule has 0 radical (unpaired) electrons. The summed E-state index contributed by atoms with van der Waals surface area (Å²) in [6, 6.07) is 5.98. The quantitative estimate of drug-likeness (QED) is 0.923. The molecule has 2 rings (SSSR count). The fourth-order valence-corrected chi connectivity index (χ4v) is 2.30. The number of hydrogen-bond acceptors (Lipinski definition) is 2. The van der Waals surface area contributed by atoms with Crippen LogP contribution in [0.4, 0.5) is 5.69 Å². The minimum absolute atomic E-state index is 0.378. The van der Waals surface area contributed by atoms with Crippen LogP contribution in [0, 0.1) is 0 Å². The lowest BCUT2D eigenvalue weighted by Crippen LogP contribution is -2.26. The Balaban J connectivity index is 2.41. The lowest BCUT2D eigenvalue weighted by Gasteiger charge is -2.24. The van der Waals surface area contributed by atoms with E-state index in [0.29, 0.717) is 11.6 Å². The maximum atomic E-state index is 11.2. The summed E-state index contributed by atoms with van der Waals surface area (Å²) in [6.45, 7) is 2.92. The van der Waals surface area contributed by atoms with Crippen LogP contribution in [-0.2, 0) is 0 Å². The zero-order valence-electron chi connectivity index (χ0n) is 9.11. The monoisotopic (exact) mass is 283 g/mol. The summed E-state index contributed by atoms with van der Waals surface area (Å²) in [5.41, 5.74) is 1.21. The van der Waals surface area contributed by atoms with Crippen LogP contribution in [-0.4, -0.2) is 23.7 Å². The maximum Gasteiger partial charge on any atom is 0.337 e. The molecule has 3 nitrogen and oxygen atoms in total. The van der Waals surface area contributed by atoms with Crippen molar-refractivity contribution in [3.63, 3.8) is 0 Å². The van der Waals surface area contributed by atoms with Crippen molar-refractivity contribution in [3.05, 3.63) is 28.2 Å². The molecule has 1 aromatic rings. The van der Waals surface area contributed by atoms with Gasteiger partial charge in [0.15, 0.2) is 0 Å². The molecule has 1 aromatic carbocycles. The SMILES string of the molecule is CCN(c1ccc(Br)cc1C(=O)O)C1CC1. The molecule has 1 aliphatic rings. The molecule has 1 saturated carbocycles. The first-order chi connectivity index (χ1) is 7.63. The fraction of sp³-hybridized carbons (Fsp3) is 0.417. The van der Waals surface area contributed by atoms with Crippen molar-refractivity contribution in [2.45, 2.75) is 25.8 Å². The predicted molar refractivity (Wildman–Crippen MR) is 67.1 cm³/mol. The first-order valence-corrected chi connectivity index (χ1v) is 6.22. The molecule has 0 spiro atoms. The van der Waals surface area contributed by atoms with Gasteiger partial charge in [0.2, 0.25) is 0 Å². The van der Waals surface area contributed by atoms with Gasteiger partial charge in [0.1, 0.15) is 0 Å². The molecule has 0 bridgehead atoms. The lowest BCUT2D eigenvalue weighted by molar-refractivity contribution is 0.0697. The zero-order chi connectivity index (χ0) is 11.7. The van der Waals surface area contributed by atoms with Gasteiger partial charge in [-0.25, -0.2) is 4.79 Å². The molecule has 0 amide bonds. The van der Waals surface area contributed by atoms with Gasteiger partial charge >= 0.3 is 5.97 Å². The molecule has 0 aliphatic heterocycles. The van der Waals surface area contributed by atoms with Crippen LogP contribution in [0.2, 0.25) is 0 Å². The Bertz CT molecular complexity index is 415. The van der Waals surface area contributed by atoms with E-state index in [4.69, 9.17) is 0 Å². The van der Waals surface area contributed by atoms with Gasteiger partial charge in [-0.1, -0.05) is 15.9 Å². The summed E-state index contributed by atoms with van der Waals surface area (Å²) in [7, 11) is 0. The Hall–Kier alpha value is -1.03. The fourth-order valence-electron chi connectivity index (χ4n) is 1.94. The number of anilines is 1. The number of hydrogen-bond donors (Lipinski definition) is 1. The van der Waals surface area contributed by atoms with Crippen LogP contribution in [0.3, 0.4) is 0 Å². The molecule has 0 aromatic heterocycles. The largest absolute Gasteiger partial charge is 0.478 e. The number of benzene rings is 1. The summed E-state index contributed by atoms with van der Waals surface area (Å²) in [6.07, 6.45) is 2.34. The Kier molecular flexibility index (Phi) is 3.19. The molecule has 0 heterocycles. The maximum absolute atomic E-state index is 11.2. The number of aromatic carboxylic acids is 1. The van der Waals surface area contributed by atoms with Crippen LogP contribution >= 0.6 is 15.9 Å². The van der Waals surface area contributed by atoms with E-state index in [2.05, 4.69) is 27.8 Å². The molecule has 86 valence electrons. The van der Waals surface area contributed by atoms with Gasteiger partial charge in [0.05, 0.1) is 11.3 Å². The standard InChI is InChI=1S/C12H14BrNO2/c1-2-14(9-4-5-9)11-6-3-8(13)7-10(11)12(15)16/h3,6-7,9H,2,4-5H2,1H3,(H,15,16). The molecule has 0 atom stereocenters. The van der Waals surface area contributed by atoms with Crippen molar-refractivity contribution in [1.29, 1.82) is 0 Å². The Morgan fingerprint density at radius 1 is 1.56 bits per heavy atom. The number of nitrogens with zero attached hydrogens (tertiary/aromatic N) is 1. The van der Waals surface area contributed by atoms with Crippen molar-refractivity contribution in [2.24, 2.45) is 0 Å². The van der Waals surface area contributed by atoms with E-state index in [1.165, 1.54) is 12.8 Å². The topological polar surface area (TPSA) is 40.5 Å². The third-order valence-corrected chi connectivity index (χ3v) is 3.32. The van der Waals surface area contributed by atoms with E-state index in [-0.39, 0.29) is 0 Å². The summed E-state index contributed by atoms with van der Waals surface area (Å²) >= 11 is 3.31. The Labute approximate surface area is 103 Å². The van der Waals surface area contributed by atoms with Crippen molar-refractivity contribution < 1.29 is 9.90 Å². The van der Waals surface area contributed by atoms with Crippen LogP contribution in [0.5, 0.6) is 0 Å². The minimum Gasteiger partial charge on any atom is -0.478 e. The second kappa shape index (κ2) is 4.45. The first kappa shape index (κ1) is 11.5. The van der Waals surface area contributed by atoms with Crippen LogP contribution < -0.4 is 4.90 Å². The number of halogens is 1. The highest BCUT2D eigenvalue weighted by atomic mass is 79.9. The molecule has 0 unspecified atom stereocenters. The van der Waals surface area contributed by atoms with Crippen LogP contribution in [0.15, 0.2) is 22.7 Å². The zero-order valence-corrected chi connectivity index (χ0v) is 10.7. The van der Waals surface area contributed by atoms with Crippen molar-refractivity contribution >= 4 is 27.6 Å². The molecule has 4 heteroatoms. The summed E-state index contributed by atoms with van der Waals surface area (Å²) in [5.74, 6) is -0.865. The van der Waals surface area contributed by atoms with Gasteiger partial charge in [0, 0.05) is 17.1 Å². The second-order valence-electron chi connectivity index (χ2n) is 3.98. The predicted octanol–water partition coefficient (Wildman–Crippen LogP) is 3.14. The van der Waals surface area contributed by atoms with Gasteiger partial charge < -0.3 is 10.0 Å². The highest BCUT2D eigenvalue weighted by molar-refractivity contribution is 9.10. The first-order valence-electron chi connectivity index (χ1n) is 5.43. The lowest BCUT2D eigenvalue weighted by atomic mass is 10.1. The van der Waals surface area contributed by atoms with E-state index >= 15 is 0 Å². The van der Waals surface area contributed by atoms with Crippen molar-refractivity contribution in [3.8, 4) is 0 Å². The molecule has 1 fully saturated rings. The summed E-state index contributed by atoms with van der Waals surface area (Å²) < 4.78 is 0.806. The molecular formula is C12H14BrNO2. The Morgan fingerprint density at radius 2 is 2.25 bits per heavy atom. The van der Waals surface area contributed by atoms with Crippen LogP contribution in [0.25, 0.3) is 0 Å². The van der Waals surface area contributed by atoms with E-state index in [1.54, 1.807) is 6.07 Å². The van der Waals surface area contributed by atoms with Gasteiger partial charge in [0.25, 0.3) is 0 Å². The number of carboxylic acid groups (broad SMARTS) is 1. The number of rotatable bonds is 4. The van der Waals surface area contributed by atoms with E-state index in [0.717, 1.165) is 16.7 Å². The second-order valence-corrected chi connectivity index (χ2v) is 4.90. The van der Waals surface area contributed by atoms with Gasteiger partial charge in [-0.2, -0.15) is 0 Å². The Morgan fingerprint density at radius 3 is 2.75 bits per heavy atom. The average Bonchev–Trinajstić information content (AvgIpc) is 3.05. The van der Waals surface area contributed by atoms with Gasteiger partial charge in [-0.05, 0) is 38.0 Å². The van der Waals surface area contributed by atoms with E-state index < -0.39 is 5.97 Å². The summed E-state index contributed by atoms with van der Waals surface area (Å²) in [5, 5.41) is 9.19. The third kappa shape index (κ3) is 2.21. The normalized spacial score (nSPS) is 14.9. The van der Waals surface area contributed by atoms with Crippen molar-refractivity contribution in [2.75, 3.05) is 11.4 Å². The average molecular weight is 284 g/mol. The van der Waals surface area contributed by atoms with Gasteiger partial charge in [-0.3, -0.25) is 0 Å². The molecule has 1 N–H and O–H groups in total. The summed E-state index contributed by atoms with van der Waals surface area (Å²) in [4.78, 5) is 13.4. The number of carbonyl (C=O) groups is 1. The highest BCUT2D eigenvalue weighted by Crippen LogP contribution is 2.34. The third-order valence-electron chi connectivity index (χ3n) is 2.83. The van der Waals surface area contributed by atoms with Crippen LogP contribution in [0.1, 0.15) is 30.1 Å². The van der Waals surface area contributed by atoms with Crippen molar-refractivity contribution in [1.82, 2.24) is 0 Å². The molecule has 16 heavy (non-hydrogen) atoms. The van der Waals surface area contributed by atoms with E-state index in [1.807, 2.05) is 12.1 Å². The van der Waals surface area contributed by atoms with Gasteiger partial charge in [-0.15, -0.1) is 0 Å². The minimum atomic E-state index is -0.865. The highest BCUT2D eigenvalue weighted by Gasteiger charge is 2.30. The molecular weight excluding hydrogens is 270 g/mol.